The monoisotopic (exact) mass is 249 g/mol. The number of thioether (sulfide) groups is 1. The molecule has 0 saturated carbocycles. The number of rotatable bonds is 4. The van der Waals surface area contributed by atoms with Crippen molar-refractivity contribution in [1.82, 2.24) is 4.98 Å². The molecule has 17 heavy (non-hydrogen) atoms. The molecule has 2 aromatic rings. The van der Waals surface area contributed by atoms with E-state index in [-0.39, 0.29) is 0 Å². The molecular formula is C11H12BNO3S. The topological polar surface area (TPSA) is 66.5 Å². The van der Waals surface area contributed by atoms with Crippen molar-refractivity contribution in [3.8, 4) is 0 Å². The van der Waals surface area contributed by atoms with Gasteiger partial charge >= 0.3 is 7.12 Å². The van der Waals surface area contributed by atoms with Crippen molar-refractivity contribution in [3.63, 3.8) is 0 Å². The summed E-state index contributed by atoms with van der Waals surface area (Å²) in [6.07, 6.45) is 1.62. The Morgan fingerprint density at radius 2 is 2.00 bits per heavy atom. The second-order valence-corrected chi connectivity index (χ2v) is 4.59. The fraction of sp³-hybridized carbons (Fsp3) is 0.182. The Kier molecular flexibility index (Phi) is 3.88. The molecule has 0 amide bonds. The molecule has 0 radical (unpaired) electrons. The molecule has 0 fully saturated rings. The van der Waals surface area contributed by atoms with Crippen molar-refractivity contribution < 1.29 is 14.5 Å². The van der Waals surface area contributed by atoms with Crippen molar-refractivity contribution in [3.05, 3.63) is 41.8 Å². The SMILES string of the molecule is Cc1coc(SCc2ccc(B(O)O)cc2)n1. The van der Waals surface area contributed by atoms with Crippen molar-refractivity contribution in [2.75, 3.05) is 0 Å². The van der Waals surface area contributed by atoms with Crippen LogP contribution in [0.4, 0.5) is 0 Å². The van der Waals surface area contributed by atoms with E-state index < -0.39 is 7.12 Å². The molecule has 1 heterocycles. The van der Waals surface area contributed by atoms with E-state index in [1.165, 1.54) is 11.8 Å². The number of aryl methyl sites for hydroxylation is 1. The molecule has 1 aromatic heterocycles. The molecule has 0 bridgehead atoms. The van der Waals surface area contributed by atoms with Crippen molar-refractivity contribution >= 4 is 24.3 Å². The van der Waals surface area contributed by atoms with Crippen LogP contribution in [0.1, 0.15) is 11.3 Å². The molecule has 0 saturated heterocycles. The van der Waals surface area contributed by atoms with Crippen LogP contribution in [0.3, 0.4) is 0 Å². The zero-order valence-corrected chi connectivity index (χ0v) is 10.1. The highest BCUT2D eigenvalue weighted by molar-refractivity contribution is 7.98. The quantitative estimate of drug-likeness (QED) is 0.624. The summed E-state index contributed by atoms with van der Waals surface area (Å²) in [5.41, 5.74) is 2.44. The predicted octanol–water partition coefficient (Wildman–Crippen LogP) is 0.955. The summed E-state index contributed by atoms with van der Waals surface area (Å²) in [6.45, 7) is 1.88. The zero-order chi connectivity index (χ0) is 12.3. The number of oxazole rings is 1. The molecule has 2 N–H and O–H groups in total. The summed E-state index contributed by atoms with van der Waals surface area (Å²) in [5, 5.41) is 18.5. The summed E-state index contributed by atoms with van der Waals surface area (Å²) >= 11 is 1.51. The first-order valence-corrected chi connectivity index (χ1v) is 6.13. The fourth-order valence-corrected chi connectivity index (χ4v) is 2.14. The van der Waals surface area contributed by atoms with Crippen LogP contribution in [0, 0.1) is 6.92 Å². The van der Waals surface area contributed by atoms with Crippen LogP contribution < -0.4 is 5.46 Å². The molecule has 88 valence electrons. The van der Waals surface area contributed by atoms with Crippen molar-refractivity contribution in [1.29, 1.82) is 0 Å². The number of benzene rings is 1. The van der Waals surface area contributed by atoms with Crippen molar-refractivity contribution in [2.45, 2.75) is 17.9 Å². The average molecular weight is 249 g/mol. The Labute approximate surface area is 104 Å². The Balaban J connectivity index is 1.95. The van der Waals surface area contributed by atoms with Gasteiger partial charge in [0.15, 0.2) is 0 Å². The second-order valence-electron chi connectivity index (χ2n) is 3.66. The van der Waals surface area contributed by atoms with E-state index >= 15 is 0 Å². The highest BCUT2D eigenvalue weighted by Gasteiger charge is 2.10. The normalized spacial score (nSPS) is 10.5. The Hall–Kier alpha value is -1.24. The van der Waals surface area contributed by atoms with Gasteiger partial charge < -0.3 is 14.5 Å². The van der Waals surface area contributed by atoms with Crippen LogP contribution in [-0.2, 0) is 5.75 Å². The smallest absolute Gasteiger partial charge is 0.440 e. The van der Waals surface area contributed by atoms with Crippen LogP contribution in [0.5, 0.6) is 0 Å². The maximum absolute atomic E-state index is 8.95. The third kappa shape index (κ3) is 3.36. The fourth-order valence-electron chi connectivity index (χ4n) is 1.33. The van der Waals surface area contributed by atoms with Crippen LogP contribution in [0.15, 0.2) is 40.2 Å². The first-order chi connectivity index (χ1) is 8.15. The van der Waals surface area contributed by atoms with Gasteiger partial charge in [-0.05, 0) is 17.9 Å². The molecule has 4 nitrogen and oxygen atoms in total. The Bertz CT molecular complexity index is 484. The molecule has 0 atom stereocenters. The van der Waals surface area contributed by atoms with Gasteiger partial charge in [0.05, 0.1) is 5.69 Å². The van der Waals surface area contributed by atoms with Crippen LogP contribution in [0.25, 0.3) is 0 Å². The first-order valence-electron chi connectivity index (χ1n) is 5.15. The third-order valence-corrected chi connectivity index (χ3v) is 3.15. The van der Waals surface area contributed by atoms with Crippen LogP contribution >= 0.6 is 11.8 Å². The molecule has 0 unspecified atom stereocenters. The maximum Gasteiger partial charge on any atom is 0.488 e. The summed E-state index contributed by atoms with van der Waals surface area (Å²) < 4.78 is 5.22. The molecule has 1 aromatic carbocycles. The van der Waals surface area contributed by atoms with E-state index in [1.54, 1.807) is 18.4 Å². The molecular weight excluding hydrogens is 237 g/mol. The van der Waals surface area contributed by atoms with Gasteiger partial charge in [0.2, 0.25) is 0 Å². The molecule has 6 heteroatoms. The van der Waals surface area contributed by atoms with Gasteiger partial charge in [0, 0.05) is 5.75 Å². The molecule has 0 aliphatic heterocycles. The minimum atomic E-state index is -1.41. The third-order valence-electron chi connectivity index (χ3n) is 2.24. The number of aromatic nitrogens is 1. The lowest BCUT2D eigenvalue weighted by Gasteiger charge is -2.01. The molecule has 0 aliphatic carbocycles. The minimum Gasteiger partial charge on any atom is -0.440 e. The van der Waals surface area contributed by atoms with E-state index in [2.05, 4.69) is 4.98 Å². The lowest BCUT2D eigenvalue weighted by molar-refractivity contribution is 0.426. The number of hydrogen-bond donors (Lipinski definition) is 2. The summed E-state index contributed by atoms with van der Waals surface area (Å²) in [4.78, 5) is 4.19. The second kappa shape index (κ2) is 5.40. The Morgan fingerprint density at radius 3 is 2.53 bits per heavy atom. The zero-order valence-electron chi connectivity index (χ0n) is 9.33. The summed E-state index contributed by atoms with van der Waals surface area (Å²) in [7, 11) is -1.41. The summed E-state index contributed by atoms with van der Waals surface area (Å²) in [5.74, 6) is 0.738. The van der Waals surface area contributed by atoms with Gasteiger partial charge in [-0.2, -0.15) is 0 Å². The minimum absolute atomic E-state index is 0.491. The van der Waals surface area contributed by atoms with Gasteiger partial charge in [-0.3, -0.25) is 0 Å². The van der Waals surface area contributed by atoms with E-state index in [4.69, 9.17) is 14.5 Å². The maximum atomic E-state index is 8.95. The number of hydrogen-bond acceptors (Lipinski definition) is 5. The highest BCUT2D eigenvalue weighted by atomic mass is 32.2. The first kappa shape index (κ1) is 12.2. The van der Waals surface area contributed by atoms with Gasteiger partial charge in [-0.15, -0.1) is 0 Å². The van der Waals surface area contributed by atoms with Gasteiger partial charge in [0.1, 0.15) is 6.26 Å². The van der Waals surface area contributed by atoms with E-state index in [9.17, 15) is 0 Å². The lowest BCUT2D eigenvalue weighted by atomic mass is 9.80. The van der Waals surface area contributed by atoms with E-state index in [1.807, 2.05) is 19.1 Å². The van der Waals surface area contributed by atoms with E-state index in [0.29, 0.717) is 10.7 Å². The lowest BCUT2D eigenvalue weighted by Crippen LogP contribution is -2.29. The van der Waals surface area contributed by atoms with Crippen molar-refractivity contribution in [2.24, 2.45) is 0 Å². The largest absolute Gasteiger partial charge is 0.488 e. The van der Waals surface area contributed by atoms with Gasteiger partial charge in [-0.25, -0.2) is 4.98 Å². The van der Waals surface area contributed by atoms with Crippen LogP contribution in [0.2, 0.25) is 0 Å². The van der Waals surface area contributed by atoms with Crippen LogP contribution in [-0.4, -0.2) is 22.2 Å². The number of nitrogens with zero attached hydrogens (tertiary/aromatic N) is 1. The standard InChI is InChI=1S/C11H12BNO3S/c1-8-6-16-11(13-8)17-7-9-2-4-10(5-3-9)12(14)15/h2-6,14-15H,7H2,1H3. The molecule has 0 aliphatic rings. The summed E-state index contributed by atoms with van der Waals surface area (Å²) in [6, 6.07) is 7.11. The van der Waals surface area contributed by atoms with E-state index in [0.717, 1.165) is 17.0 Å². The molecule has 0 spiro atoms. The molecule has 2 rings (SSSR count). The average Bonchev–Trinajstić information content (AvgIpc) is 2.73. The van der Waals surface area contributed by atoms with Gasteiger partial charge in [-0.1, -0.05) is 36.0 Å². The Morgan fingerprint density at radius 1 is 1.29 bits per heavy atom. The highest BCUT2D eigenvalue weighted by Crippen LogP contribution is 2.21. The predicted molar refractivity (Wildman–Crippen MR) is 67.1 cm³/mol. The van der Waals surface area contributed by atoms with Gasteiger partial charge in [0.25, 0.3) is 5.22 Å².